The second-order valence-corrected chi connectivity index (χ2v) is 3.36. The molecule has 0 radical (unpaired) electrons. The van der Waals surface area contributed by atoms with Crippen LogP contribution in [0.25, 0.3) is 0 Å². The minimum absolute atomic E-state index is 0.0372. The maximum Gasteiger partial charge on any atom is 0.331 e. The normalized spacial score (nSPS) is 27.8. The number of rotatable bonds is 3. The molecule has 1 rings (SSSR count). The van der Waals surface area contributed by atoms with Crippen LogP contribution < -0.4 is 5.32 Å². The number of carbonyl (C=O) groups excluding carboxylic acids is 1. The van der Waals surface area contributed by atoms with Crippen molar-refractivity contribution < 1.29 is 14.3 Å². The molecular weight excluding hydrogens is 170 g/mol. The van der Waals surface area contributed by atoms with E-state index in [2.05, 4.69) is 17.0 Å². The minimum Gasteiger partial charge on any atom is -0.466 e. The molecule has 0 spiro atoms. The molecule has 1 saturated heterocycles. The van der Waals surface area contributed by atoms with Crippen LogP contribution in [0.3, 0.4) is 0 Å². The van der Waals surface area contributed by atoms with E-state index in [1.54, 1.807) is 6.20 Å². The van der Waals surface area contributed by atoms with Crippen molar-refractivity contribution >= 4 is 5.97 Å². The van der Waals surface area contributed by atoms with Crippen molar-refractivity contribution in [3.63, 3.8) is 0 Å². The van der Waals surface area contributed by atoms with E-state index >= 15 is 0 Å². The van der Waals surface area contributed by atoms with E-state index in [0.717, 1.165) is 13.0 Å². The Morgan fingerprint density at radius 1 is 1.69 bits per heavy atom. The topological polar surface area (TPSA) is 47.6 Å². The molecule has 13 heavy (non-hydrogen) atoms. The van der Waals surface area contributed by atoms with Crippen molar-refractivity contribution in [1.82, 2.24) is 5.32 Å². The lowest BCUT2D eigenvalue weighted by Gasteiger charge is -2.21. The highest BCUT2D eigenvalue weighted by atomic mass is 16.5. The number of hydrogen-bond acceptors (Lipinski definition) is 4. The summed E-state index contributed by atoms with van der Waals surface area (Å²) in [5.74, 6) is -0.352. The maximum absolute atomic E-state index is 10.7. The standard InChI is InChI=1S/C9H15NO3/c1-9(4-6-13-7-9)10-5-3-8(11)12-2/h3,5,10H,4,6-7H2,1-2H3/b5-3+. The van der Waals surface area contributed by atoms with Gasteiger partial charge in [0.05, 0.1) is 19.3 Å². The molecule has 0 aliphatic carbocycles. The predicted octanol–water partition coefficient (Wildman–Crippen LogP) is 0.442. The second kappa shape index (κ2) is 4.28. The van der Waals surface area contributed by atoms with Gasteiger partial charge < -0.3 is 14.8 Å². The van der Waals surface area contributed by atoms with Gasteiger partial charge in [-0.3, -0.25) is 0 Å². The Hall–Kier alpha value is -1.03. The highest BCUT2D eigenvalue weighted by Gasteiger charge is 2.27. The first kappa shape index (κ1) is 10.1. The minimum atomic E-state index is -0.352. The van der Waals surface area contributed by atoms with Crippen LogP contribution in [-0.4, -0.2) is 31.8 Å². The fraction of sp³-hybridized carbons (Fsp3) is 0.667. The van der Waals surface area contributed by atoms with Crippen molar-refractivity contribution in [3.05, 3.63) is 12.3 Å². The Morgan fingerprint density at radius 3 is 3.00 bits per heavy atom. The zero-order valence-electron chi connectivity index (χ0n) is 8.00. The van der Waals surface area contributed by atoms with Gasteiger partial charge in [0.25, 0.3) is 0 Å². The molecule has 74 valence electrons. The molecule has 1 atom stereocenters. The Morgan fingerprint density at radius 2 is 2.46 bits per heavy atom. The summed E-state index contributed by atoms with van der Waals surface area (Å²) in [6.45, 7) is 3.51. The summed E-state index contributed by atoms with van der Waals surface area (Å²) in [5, 5.41) is 3.12. The lowest BCUT2D eigenvalue weighted by molar-refractivity contribution is -0.134. The molecule has 0 aromatic rings. The monoisotopic (exact) mass is 185 g/mol. The van der Waals surface area contributed by atoms with Gasteiger partial charge >= 0.3 is 5.97 Å². The van der Waals surface area contributed by atoms with Gasteiger partial charge in [-0.05, 0) is 13.3 Å². The van der Waals surface area contributed by atoms with Gasteiger partial charge in [-0.1, -0.05) is 0 Å². The average Bonchev–Trinajstić information content (AvgIpc) is 2.52. The highest BCUT2D eigenvalue weighted by molar-refractivity contribution is 5.81. The molecule has 0 amide bonds. The third-order valence-electron chi connectivity index (χ3n) is 2.07. The number of methoxy groups -OCH3 is 1. The number of carbonyl (C=O) groups is 1. The van der Waals surface area contributed by atoms with E-state index in [0.29, 0.717) is 6.61 Å². The molecule has 4 heteroatoms. The van der Waals surface area contributed by atoms with Crippen LogP contribution in [0.1, 0.15) is 13.3 Å². The molecule has 1 fully saturated rings. The first-order chi connectivity index (χ1) is 6.16. The summed E-state index contributed by atoms with van der Waals surface area (Å²) in [6.07, 6.45) is 3.93. The summed E-state index contributed by atoms with van der Waals surface area (Å²) >= 11 is 0. The van der Waals surface area contributed by atoms with Crippen LogP contribution >= 0.6 is 0 Å². The lowest BCUT2D eigenvalue weighted by atomic mass is 10.0. The van der Waals surface area contributed by atoms with E-state index in [9.17, 15) is 4.79 Å². The number of hydrogen-bond donors (Lipinski definition) is 1. The molecule has 1 N–H and O–H groups in total. The van der Waals surface area contributed by atoms with Crippen molar-refractivity contribution in [2.75, 3.05) is 20.3 Å². The van der Waals surface area contributed by atoms with Gasteiger partial charge in [0.2, 0.25) is 0 Å². The summed E-state index contributed by atoms with van der Waals surface area (Å²) < 4.78 is 9.68. The largest absolute Gasteiger partial charge is 0.466 e. The molecule has 1 heterocycles. The maximum atomic E-state index is 10.7. The van der Waals surface area contributed by atoms with Crippen LogP contribution in [-0.2, 0) is 14.3 Å². The molecule has 1 aliphatic heterocycles. The Bertz CT molecular complexity index is 207. The summed E-state index contributed by atoms with van der Waals surface area (Å²) in [4.78, 5) is 10.7. The Kier molecular flexibility index (Phi) is 3.31. The van der Waals surface area contributed by atoms with Gasteiger partial charge in [-0.25, -0.2) is 4.79 Å². The lowest BCUT2D eigenvalue weighted by Crippen LogP contribution is -2.39. The fourth-order valence-electron chi connectivity index (χ4n) is 1.16. The molecule has 1 aliphatic rings. The molecule has 0 aromatic heterocycles. The van der Waals surface area contributed by atoms with Crippen LogP contribution in [0.5, 0.6) is 0 Å². The zero-order chi connectivity index (χ0) is 9.73. The average molecular weight is 185 g/mol. The number of ether oxygens (including phenoxy) is 2. The van der Waals surface area contributed by atoms with E-state index in [1.165, 1.54) is 13.2 Å². The molecule has 0 saturated carbocycles. The van der Waals surface area contributed by atoms with Crippen molar-refractivity contribution in [1.29, 1.82) is 0 Å². The van der Waals surface area contributed by atoms with Crippen molar-refractivity contribution in [3.8, 4) is 0 Å². The quantitative estimate of drug-likeness (QED) is 0.512. The predicted molar refractivity (Wildman–Crippen MR) is 48.1 cm³/mol. The van der Waals surface area contributed by atoms with Crippen LogP contribution in [0.4, 0.5) is 0 Å². The van der Waals surface area contributed by atoms with Gasteiger partial charge in [-0.15, -0.1) is 0 Å². The molecule has 0 bridgehead atoms. The molecule has 4 nitrogen and oxygen atoms in total. The summed E-state index contributed by atoms with van der Waals surface area (Å²) in [5.41, 5.74) is -0.0372. The number of esters is 1. The molecular formula is C9H15NO3. The first-order valence-electron chi connectivity index (χ1n) is 4.26. The van der Waals surface area contributed by atoms with Crippen LogP contribution in [0.2, 0.25) is 0 Å². The van der Waals surface area contributed by atoms with Gasteiger partial charge in [0, 0.05) is 18.9 Å². The molecule has 1 unspecified atom stereocenters. The fourth-order valence-corrected chi connectivity index (χ4v) is 1.16. The third-order valence-corrected chi connectivity index (χ3v) is 2.07. The van der Waals surface area contributed by atoms with Gasteiger partial charge in [-0.2, -0.15) is 0 Å². The van der Waals surface area contributed by atoms with E-state index in [-0.39, 0.29) is 11.5 Å². The van der Waals surface area contributed by atoms with E-state index < -0.39 is 0 Å². The van der Waals surface area contributed by atoms with Crippen LogP contribution in [0, 0.1) is 0 Å². The van der Waals surface area contributed by atoms with E-state index in [1.807, 2.05) is 0 Å². The van der Waals surface area contributed by atoms with Crippen LogP contribution in [0.15, 0.2) is 12.3 Å². The highest BCUT2D eigenvalue weighted by Crippen LogP contribution is 2.16. The first-order valence-corrected chi connectivity index (χ1v) is 4.26. The number of nitrogens with one attached hydrogen (secondary N) is 1. The van der Waals surface area contributed by atoms with Crippen molar-refractivity contribution in [2.45, 2.75) is 18.9 Å². The van der Waals surface area contributed by atoms with Gasteiger partial charge in [0.15, 0.2) is 0 Å². The van der Waals surface area contributed by atoms with Gasteiger partial charge in [0.1, 0.15) is 0 Å². The third kappa shape index (κ3) is 3.06. The summed E-state index contributed by atoms with van der Waals surface area (Å²) in [6, 6.07) is 0. The summed E-state index contributed by atoms with van der Waals surface area (Å²) in [7, 11) is 1.35. The van der Waals surface area contributed by atoms with Crippen molar-refractivity contribution in [2.24, 2.45) is 0 Å². The second-order valence-electron chi connectivity index (χ2n) is 3.36. The Labute approximate surface area is 77.9 Å². The molecule has 0 aromatic carbocycles. The zero-order valence-corrected chi connectivity index (χ0v) is 8.00. The van der Waals surface area contributed by atoms with E-state index in [4.69, 9.17) is 4.74 Å². The Balaban J connectivity index is 2.32. The SMILES string of the molecule is COC(=O)/C=C/NC1(C)CCOC1. The smallest absolute Gasteiger partial charge is 0.331 e.